The molecular formula is C34H40N8O2. The summed E-state index contributed by atoms with van der Waals surface area (Å²) < 4.78 is 8.62. The van der Waals surface area contributed by atoms with Crippen LogP contribution < -0.4 is 11.1 Å². The van der Waals surface area contributed by atoms with E-state index in [0.29, 0.717) is 12.8 Å². The van der Waals surface area contributed by atoms with Gasteiger partial charge in [-0.2, -0.15) is 0 Å². The van der Waals surface area contributed by atoms with Crippen LogP contribution in [0, 0.1) is 5.92 Å². The minimum atomic E-state index is -0.487. The fourth-order valence-electron chi connectivity index (χ4n) is 7.30. The molecule has 4 aliphatic rings. The SMILES string of the molecule is CC(C)C(N)C(=O)N1CCCC1c1ncc(C2=CC3=C(CC2)c2cc4cc(-c5cnc(C6CCCN6)[nH]5)ccc4n2CO3)[nH]1. The van der Waals surface area contributed by atoms with E-state index in [4.69, 9.17) is 15.5 Å². The topological polar surface area (TPSA) is 130 Å². The van der Waals surface area contributed by atoms with Gasteiger partial charge in [0.2, 0.25) is 5.91 Å². The molecule has 1 aliphatic carbocycles. The van der Waals surface area contributed by atoms with Gasteiger partial charge in [-0.25, -0.2) is 9.97 Å². The average Bonchev–Trinajstić information content (AvgIpc) is 3.88. The number of allylic oxidation sites excluding steroid dienone is 3. The first-order valence-corrected chi connectivity index (χ1v) is 16.0. The Bertz CT molecular complexity index is 1800. The minimum Gasteiger partial charge on any atom is -0.472 e. The van der Waals surface area contributed by atoms with Crippen molar-refractivity contribution < 1.29 is 9.53 Å². The molecule has 2 saturated heterocycles. The van der Waals surface area contributed by atoms with Crippen molar-refractivity contribution in [3.63, 3.8) is 0 Å². The van der Waals surface area contributed by atoms with Crippen LogP contribution in [0.5, 0.6) is 0 Å². The minimum absolute atomic E-state index is 0.0148. The Morgan fingerprint density at radius 2 is 1.89 bits per heavy atom. The van der Waals surface area contributed by atoms with Crippen LogP contribution in [0.25, 0.3) is 33.3 Å². The number of benzene rings is 1. The number of H-pyrrole nitrogens is 2. The first kappa shape index (κ1) is 27.4. The molecule has 0 saturated carbocycles. The predicted molar refractivity (Wildman–Crippen MR) is 170 cm³/mol. The summed E-state index contributed by atoms with van der Waals surface area (Å²) in [5.74, 6) is 2.91. The van der Waals surface area contributed by atoms with E-state index in [9.17, 15) is 4.79 Å². The van der Waals surface area contributed by atoms with Crippen LogP contribution in [-0.2, 0) is 16.3 Å². The number of aromatic amines is 2. The largest absolute Gasteiger partial charge is 0.472 e. The molecule has 44 heavy (non-hydrogen) atoms. The summed E-state index contributed by atoms with van der Waals surface area (Å²) in [6.45, 7) is 6.24. The molecule has 3 aliphatic heterocycles. The molecule has 3 aromatic heterocycles. The molecule has 10 nitrogen and oxygen atoms in total. The maximum absolute atomic E-state index is 13.1. The number of amides is 1. The lowest BCUT2D eigenvalue weighted by molar-refractivity contribution is -0.134. The highest BCUT2D eigenvalue weighted by atomic mass is 16.5. The van der Waals surface area contributed by atoms with E-state index in [-0.39, 0.29) is 17.9 Å². The van der Waals surface area contributed by atoms with Crippen molar-refractivity contribution in [2.45, 2.75) is 77.2 Å². The number of carbonyl (C=O) groups excluding carboxylic acids is 1. The maximum atomic E-state index is 13.1. The molecule has 0 spiro atoms. The summed E-state index contributed by atoms with van der Waals surface area (Å²) in [5, 5.41) is 4.72. The Morgan fingerprint density at radius 1 is 1.05 bits per heavy atom. The number of carbonyl (C=O) groups is 1. The Hall–Kier alpha value is -4.15. The van der Waals surface area contributed by atoms with Crippen LogP contribution in [0.15, 0.2) is 48.5 Å². The lowest BCUT2D eigenvalue weighted by atomic mass is 9.93. The number of aromatic nitrogens is 5. The number of fused-ring (bicyclic) bond motifs is 4. The van der Waals surface area contributed by atoms with Crippen LogP contribution in [-0.4, -0.2) is 54.4 Å². The molecule has 5 N–H and O–H groups in total. The number of hydrogen-bond donors (Lipinski definition) is 4. The average molecular weight is 593 g/mol. The van der Waals surface area contributed by atoms with E-state index in [1.165, 1.54) is 34.2 Å². The van der Waals surface area contributed by atoms with E-state index in [1.807, 2.05) is 31.1 Å². The number of hydrogen-bond acceptors (Lipinski definition) is 6. The molecule has 1 amide bonds. The fourth-order valence-corrected chi connectivity index (χ4v) is 7.30. The molecule has 4 aromatic rings. The Kier molecular flexibility index (Phi) is 6.71. The third kappa shape index (κ3) is 4.59. The van der Waals surface area contributed by atoms with Gasteiger partial charge in [0, 0.05) is 23.1 Å². The van der Waals surface area contributed by atoms with E-state index in [0.717, 1.165) is 79.6 Å². The van der Waals surface area contributed by atoms with Gasteiger partial charge in [0.05, 0.1) is 53.1 Å². The lowest BCUT2D eigenvalue weighted by Crippen LogP contribution is -2.46. The first-order valence-electron chi connectivity index (χ1n) is 16.0. The Labute approximate surface area is 256 Å². The van der Waals surface area contributed by atoms with Gasteiger partial charge in [0.15, 0.2) is 6.73 Å². The number of nitrogens with one attached hydrogen (secondary N) is 3. The number of ether oxygens (including phenoxy) is 1. The number of imidazole rings is 2. The molecule has 0 radical (unpaired) electrons. The molecule has 3 atom stereocenters. The van der Waals surface area contributed by atoms with Crippen molar-refractivity contribution in [1.82, 2.24) is 34.7 Å². The first-order chi connectivity index (χ1) is 21.4. The third-order valence-corrected chi connectivity index (χ3v) is 9.90. The van der Waals surface area contributed by atoms with Gasteiger partial charge >= 0.3 is 0 Å². The second-order valence-electron chi connectivity index (χ2n) is 13.0. The number of nitrogens with zero attached hydrogens (tertiary/aromatic N) is 4. The van der Waals surface area contributed by atoms with Crippen molar-refractivity contribution >= 4 is 28.0 Å². The maximum Gasteiger partial charge on any atom is 0.240 e. The number of nitrogens with two attached hydrogens (primary N) is 1. The summed E-state index contributed by atoms with van der Waals surface area (Å²) in [4.78, 5) is 31.5. The second kappa shape index (κ2) is 10.8. The molecule has 10 heteroatoms. The number of rotatable bonds is 6. The van der Waals surface area contributed by atoms with E-state index in [2.05, 4.69) is 55.2 Å². The summed E-state index contributed by atoms with van der Waals surface area (Å²) in [6.07, 6.45) is 12.0. The smallest absolute Gasteiger partial charge is 0.240 e. The van der Waals surface area contributed by atoms with Gasteiger partial charge in [-0.05, 0) is 80.8 Å². The highest BCUT2D eigenvalue weighted by Crippen LogP contribution is 2.41. The summed E-state index contributed by atoms with van der Waals surface area (Å²) in [7, 11) is 0. The molecular weight excluding hydrogens is 552 g/mol. The molecule has 1 aromatic carbocycles. The predicted octanol–water partition coefficient (Wildman–Crippen LogP) is 5.40. The highest BCUT2D eigenvalue weighted by Gasteiger charge is 2.35. The summed E-state index contributed by atoms with van der Waals surface area (Å²) >= 11 is 0. The van der Waals surface area contributed by atoms with Gasteiger partial charge in [-0.3, -0.25) is 4.79 Å². The van der Waals surface area contributed by atoms with Crippen molar-refractivity contribution in [1.29, 1.82) is 0 Å². The quantitative estimate of drug-likeness (QED) is 0.237. The van der Waals surface area contributed by atoms with Crippen LogP contribution in [0.1, 0.15) is 87.5 Å². The van der Waals surface area contributed by atoms with Crippen molar-refractivity contribution in [2.75, 3.05) is 13.1 Å². The summed E-state index contributed by atoms with van der Waals surface area (Å²) in [6, 6.07) is 8.69. The van der Waals surface area contributed by atoms with Crippen LogP contribution in [0.4, 0.5) is 0 Å². The van der Waals surface area contributed by atoms with Gasteiger partial charge in [0.1, 0.15) is 17.4 Å². The zero-order valence-corrected chi connectivity index (χ0v) is 25.4. The van der Waals surface area contributed by atoms with Crippen molar-refractivity contribution in [2.24, 2.45) is 11.7 Å². The van der Waals surface area contributed by atoms with Crippen LogP contribution in [0.3, 0.4) is 0 Å². The lowest BCUT2D eigenvalue weighted by Gasteiger charge is -2.28. The Morgan fingerprint density at radius 3 is 2.73 bits per heavy atom. The second-order valence-corrected chi connectivity index (χ2v) is 13.0. The van der Waals surface area contributed by atoms with Gasteiger partial charge in [0.25, 0.3) is 0 Å². The van der Waals surface area contributed by atoms with Gasteiger partial charge in [-0.1, -0.05) is 19.9 Å². The number of likely N-dealkylation sites (tertiary alicyclic amines) is 1. The van der Waals surface area contributed by atoms with E-state index in [1.54, 1.807) is 0 Å². The molecule has 228 valence electrons. The third-order valence-electron chi connectivity index (χ3n) is 9.90. The normalized spacial score (nSPS) is 22.4. The Balaban J connectivity index is 1.04. The molecule has 8 rings (SSSR count). The zero-order chi connectivity index (χ0) is 29.9. The van der Waals surface area contributed by atoms with Crippen LogP contribution in [0.2, 0.25) is 0 Å². The van der Waals surface area contributed by atoms with E-state index < -0.39 is 6.04 Å². The van der Waals surface area contributed by atoms with Crippen LogP contribution >= 0.6 is 0 Å². The monoisotopic (exact) mass is 592 g/mol. The molecule has 2 fully saturated rings. The molecule has 3 unspecified atom stereocenters. The summed E-state index contributed by atoms with van der Waals surface area (Å²) in [5.41, 5.74) is 14.2. The molecule has 6 heterocycles. The zero-order valence-electron chi connectivity index (χ0n) is 25.4. The van der Waals surface area contributed by atoms with Crippen molar-refractivity contribution in [3.8, 4) is 11.3 Å². The fraction of sp³-hybridized carbons (Fsp3) is 0.441. The van der Waals surface area contributed by atoms with E-state index >= 15 is 0 Å². The molecule has 0 bridgehead atoms. The highest BCUT2D eigenvalue weighted by molar-refractivity contribution is 5.91. The standard InChI is InChI=1S/C34H40N8O2/c1-19(2)31(35)34(43)41-12-4-6-28(41)33-38-17-26(40-33)21-7-9-23-29-14-22-13-20(8-10-27(22)42(29)18-44-30(23)15-21)25-16-37-32(39-25)24-5-3-11-36-24/h8,10,13-17,19,24,28,31,36H,3-7,9,11-12,18,35H2,1-2H3,(H,37,39)(H,38,40). The van der Waals surface area contributed by atoms with Gasteiger partial charge in [-0.15, -0.1) is 0 Å². The van der Waals surface area contributed by atoms with Gasteiger partial charge < -0.3 is 35.2 Å². The van der Waals surface area contributed by atoms with Crippen molar-refractivity contribution in [3.05, 3.63) is 71.5 Å².